The number of aromatic nitrogens is 3. The lowest BCUT2D eigenvalue weighted by Gasteiger charge is -2.40. The highest BCUT2D eigenvalue weighted by molar-refractivity contribution is 6.36. The third kappa shape index (κ3) is 9.51. The van der Waals surface area contributed by atoms with Crippen molar-refractivity contribution in [3.8, 4) is 16.9 Å². The zero-order valence-corrected chi connectivity index (χ0v) is 35.7. The molecule has 4 amide bonds. The van der Waals surface area contributed by atoms with Gasteiger partial charge in [0.05, 0.1) is 43.1 Å². The number of benzene rings is 2. The van der Waals surface area contributed by atoms with Gasteiger partial charge in [0.1, 0.15) is 24.6 Å². The van der Waals surface area contributed by atoms with E-state index >= 15 is 0 Å². The summed E-state index contributed by atoms with van der Waals surface area (Å²) in [6, 6.07) is 9.64. The number of carbonyl (C=O) groups is 4. The summed E-state index contributed by atoms with van der Waals surface area (Å²) in [6.07, 6.45) is 6.63. The van der Waals surface area contributed by atoms with Crippen molar-refractivity contribution in [2.24, 2.45) is 0 Å². The van der Waals surface area contributed by atoms with Gasteiger partial charge >= 0.3 is 0 Å². The first-order valence-corrected chi connectivity index (χ1v) is 21.5. The fourth-order valence-electron chi connectivity index (χ4n) is 8.39. The molecule has 328 valence electrons. The first-order chi connectivity index (χ1) is 29.9. The normalized spacial score (nSPS) is 19.0. The van der Waals surface area contributed by atoms with Crippen LogP contribution >= 0.6 is 23.2 Å². The molecule has 6 heterocycles. The Morgan fingerprint density at radius 2 is 1.82 bits per heavy atom. The van der Waals surface area contributed by atoms with E-state index in [0.717, 1.165) is 54.9 Å². The summed E-state index contributed by atoms with van der Waals surface area (Å²) < 4.78 is 33.5. The third-order valence-corrected chi connectivity index (χ3v) is 12.6. The van der Waals surface area contributed by atoms with E-state index in [-0.39, 0.29) is 58.7 Å². The molecule has 4 aliphatic rings. The molecular weight excluding hydrogens is 844 g/mol. The Bertz CT molecular complexity index is 2340. The van der Waals surface area contributed by atoms with Crippen molar-refractivity contribution in [1.29, 1.82) is 0 Å². The smallest absolute Gasteiger partial charge is 0.255 e. The minimum absolute atomic E-state index is 0.00965. The van der Waals surface area contributed by atoms with E-state index in [1.165, 1.54) is 12.1 Å². The Balaban J connectivity index is 0.702. The van der Waals surface area contributed by atoms with Gasteiger partial charge in [-0.25, -0.2) is 9.37 Å². The lowest BCUT2D eigenvalue weighted by atomic mass is 10.0. The molecule has 62 heavy (non-hydrogen) atoms. The van der Waals surface area contributed by atoms with E-state index in [4.69, 9.17) is 43.1 Å². The molecule has 0 aliphatic carbocycles. The average Bonchev–Trinajstić information content (AvgIpc) is 3.87. The molecule has 8 rings (SSSR count). The zero-order chi connectivity index (χ0) is 43.5. The predicted octanol–water partition coefficient (Wildman–Crippen LogP) is 4.87. The van der Waals surface area contributed by atoms with Gasteiger partial charge in [0, 0.05) is 96.6 Å². The topological polar surface area (TPSA) is 186 Å². The highest BCUT2D eigenvalue weighted by atomic mass is 35.5. The maximum atomic E-state index is 14.1. The maximum absolute atomic E-state index is 14.1. The van der Waals surface area contributed by atoms with Gasteiger partial charge in [0.2, 0.25) is 17.7 Å². The second kappa shape index (κ2) is 19.0. The first kappa shape index (κ1) is 43.3. The lowest BCUT2D eigenvalue weighted by Crippen LogP contribution is -2.55. The Labute approximate surface area is 367 Å². The van der Waals surface area contributed by atoms with E-state index in [2.05, 4.69) is 25.6 Å². The molecule has 1 unspecified atom stereocenters. The molecule has 3 saturated heterocycles. The Hall–Kier alpha value is -5.33. The van der Waals surface area contributed by atoms with Gasteiger partial charge in [-0.05, 0) is 56.5 Å². The summed E-state index contributed by atoms with van der Waals surface area (Å²) >= 11 is 12.5. The number of piperidine rings is 2. The van der Waals surface area contributed by atoms with Crippen LogP contribution in [0, 0.1) is 5.82 Å². The zero-order valence-electron chi connectivity index (χ0n) is 34.2. The minimum atomic E-state index is -0.704. The summed E-state index contributed by atoms with van der Waals surface area (Å²) in [5, 5.41) is 10.7. The lowest BCUT2D eigenvalue weighted by molar-refractivity contribution is -0.138. The number of likely N-dealkylation sites (tertiary alicyclic amines) is 2. The number of amides is 4. The molecule has 4 aromatic rings. The number of ether oxygens (including phenoxy) is 3. The Morgan fingerprint density at radius 1 is 1.03 bits per heavy atom. The van der Waals surface area contributed by atoms with Gasteiger partial charge < -0.3 is 35.1 Å². The van der Waals surface area contributed by atoms with Crippen LogP contribution in [-0.4, -0.2) is 124 Å². The molecule has 0 saturated carbocycles. The fraction of sp³-hybridized carbons (Fsp3) is 0.442. The van der Waals surface area contributed by atoms with Crippen molar-refractivity contribution in [2.45, 2.75) is 63.4 Å². The van der Waals surface area contributed by atoms with Crippen LogP contribution < -0.4 is 21.1 Å². The van der Waals surface area contributed by atoms with Crippen LogP contribution in [-0.2, 0) is 30.4 Å². The number of carbonyl (C=O) groups excluding carboxylic acids is 4. The largest absolute Gasteiger partial charge is 0.482 e. The molecule has 4 N–H and O–H groups in total. The molecule has 0 bridgehead atoms. The molecule has 2 atom stereocenters. The quantitative estimate of drug-likeness (QED) is 0.0789. The monoisotopic (exact) mass is 891 g/mol. The molecule has 19 heteroatoms. The van der Waals surface area contributed by atoms with Gasteiger partial charge in [-0.2, -0.15) is 5.10 Å². The molecule has 0 spiro atoms. The number of nitrogens with zero attached hydrogens (tertiary/aromatic N) is 6. The van der Waals surface area contributed by atoms with Gasteiger partial charge in [0.15, 0.2) is 11.6 Å². The van der Waals surface area contributed by atoms with Crippen LogP contribution in [0.1, 0.15) is 66.2 Å². The second-order valence-corrected chi connectivity index (χ2v) is 16.7. The molecule has 2 aromatic carbocycles. The first-order valence-electron chi connectivity index (χ1n) is 20.7. The summed E-state index contributed by atoms with van der Waals surface area (Å²) in [6.45, 7) is 6.82. The van der Waals surface area contributed by atoms with Gasteiger partial charge in [0.25, 0.3) is 5.91 Å². The summed E-state index contributed by atoms with van der Waals surface area (Å²) in [5.41, 5.74) is 10.3. The third-order valence-electron chi connectivity index (χ3n) is 11.8. The van der Waals surface area contributed by atoms with E-state index < -0.39 is 23.9 Å². The molecule has 3 fully saturated rings. The van der Waals surface area contributed by atoms with E-state index in [1.54, 1.807) is 36.4 Å². The number of halogens is 3. The minimum Gasteiger partial charge on any atom is -0.482 e. The van der Waals surface area contributed by atoms with Crippen molar-refractivity contribution in [3.63, 3.8) is 0 Å². The van der Waals surface area contributed by atoms with Crippen LogP contribution in [0.4, 0.5) is 15.9 Å². The van der Waals surface area contributed by atoms with Crippen LogP contribution in [0.25, 0.3) is 11.1 Å². The fourth-order valence-corrected chi connectivity index (χ4v) is 9.07. The molecule has 16 nitrogen and oxygen atoms in total. The SMILES string of the molecule is C[C@@H](Oc1cc(-c2cnn(C3CCN(C(=O)COCCOCCN4CC(Nc5cccc6c5CN(C5CCC(=O)NC5=O)C6=O)C4)CC3)c2)cnc1N)c1c(Cl)ccc(F)c1Cl. The summed E-state index contributed by atoms with van der Waals surface area (Å²) in [7, 11) is 0. The average molecular weight is 893 g/mol. The highest BCUT2D eigenvalue weighted by Crippen LogP contribution is 2.38. The number of rotatable bonds is 16. The van der Waals surface area contributed by atoms with Crippen molar-refractivity contribution in [2.75, 3.05) is 70.2 Å². The van der Waals surface area contributed by atoms with Crippen molar-refractivity contribution in [3.05, 3.63) is 87.5 Å². The highest BCUT2D eigenvalue weighted by Gasteiger charge is 2.40. The number of nitrogens with one attached hydrogen (secondary N) is 2. The van der Waals surface area contributed by atoms with Crippen molar-refractivity contribution in [1.82, 2.24) is 34.8 Å². The van der Waals surface area contributed by atoms with Crippen molar-refractivity contribution < 1.29 is 37.8 Å². The number of hydrogen-bond donors (Lipinski definition) is 3. The number of hydrogen-bond acceptors (Lipinski definition) is 12. The Morgan fingerprint density at radius 3 is 2.61 bits per heavy atom. The molecule has 0 radical (unpaired) electrons. The van der Waals surface area contributed by atoms with E-state index in [0.29, 0.717) is 62.8 Å². The van der Waals surface area contributed by atoms with Gasteiger partial charge in [-0.1, -0.05) is 29.3 Å². The molecular formula is C43H48Cl2FN9O7. The van der Waals surface area contributed by atoms with Crippen LogP contribution in [0.2, 0.25) is 10.0 Å². The Kier molecular flexibility index (Phi) is 13.3. The molecule has 4 aliphatic heterocycles. The second-order valence-electron chi connectivity index (χ2n) is 15.9. The van der Waals surface area contributed by atoms with Crippen LogP contribution in [0.15, 0.2) is 55.0 Å². The molecule has 2 aromatic heterocycles. The summed E-state index contributed by atoms with van der Waals surface area (Å²) in [5.74, 6) is -1.11. The standard InChI is InChI=1S/C43H48Cl2FN9O7/c1-25(39-32(44)5-6-33(46)40(39)45)62-36-17-26(18-48-41(36)47)27-19-49-55(20-27)29-9-11-53(12-10-29)38(57)24-61-16-15-60-14-13-52-21-28(22-52)50-34-4-2-3-30-31(34)23-54(43(30)59)35-7-8-37(56)51-42(35)58/h2-6,17-20,25,28-29,35,50H,7-16,21-24H2,1H3,(H2,47,48)(H,51,56,58)/t25-,35?/m1/s1. The number of nitrogen functional groups attached to an aromatic ring is 1. The predicted molar refractivity (Wildman–Crippen MR) is 228 cm³/mol. The number of nitrogens with two attached hydrogens (primary N) is 1. The number of imide groups is 1. The maximum Gasteiger partial charge on any atom is 0.255 e. The van der Waals surface area contributed by atoms with E-state index in [9.17, 15) is 23.6 Å². The van der Waals surface area contributed by atoms with Crippen LogP contribution in [0.5, 0.6) is 5.75 Å². The van der Waals surface area contributed by atoms with E-state index in [1.807, 2.05) is 27.9 Å². The summed E-state index contributed by atoms with van der Waals surface area (Å²) in [4.78, 5) is 60.0. The van der Waals surface area contributed by atoms with Crippen LogP contribution in [0.3, 0.4) is 0 Å². The van der Waals surface area contributed by atoms with Gasteiger partial charge in [-0.15, -0.1) is 0 Å². The van der Waals surface area contributed by atoms with Gasteiger partial charge in [-0.3, -0.25) is 34.1 Å². The number of anilines is 2. The number of fused-ring (bicyclic) bond motifs is 1. The number of pyridine rings is 1. The van der Waals surface area contributed by atoms with Crippen molar-refractivity contribution >= 4 is 58.3 Å².